The van der Waals surface area contributed by atoms with Crippen LogP contribution in [0.25, 0.3) is 0 Å². The molecule has 0 atom stereocenters. The molecule has 0 radical (unpaired) electrons. The van der Waals surface area contributed by atoms with Crippen molar-refractivity contribution in [3.63, 3.8) is 0 Å². The second-order valence-corrected chi connectivity index (χ2v) is 6.78. The first-order valence-corrected chi connectivity index (χ1v) is 8.90. The van der Waals surface area contributed by atoms with E-state index in [0.29, 0.717) is 11.6 Å². The average molecular weight is 346 g/mol. The fourth-order valence-corrected chi connectivity index (χ4v) is 3.55. The van der Waals surface area contributed by atoms with Crippen LogP contribution in [0, 0.1) is 0 Å². The standard InChI is InChI=1S/C20H24ClNO2/c1-2-24-19-9-8-16(14-18(19)21)15-22-12-10-20(23,11-13-22)17-6-4-3-5-7-17/h3-9,14,23H,2,10-13,15H2,1H3. The third kappa shape index (κ3) is 3.92. The number of hydrogen-bond donors (Lipinski definition) is 1. The molecule has 128 valence electrons. The maximum Gasteiger partial charge on any atom is 0.137 e. The number of hydrogen-bond acceptors (Lipinski definition) is 3. The van der Waals surface area contributed by atoms with Gasteiger partial charge in [0.25, 0.3) is 0 Å². The molecule has 0 spiro atoms. The van der Waals surface area contributed by atoms with Gasteiger partial charge in [-0.2, -0.15) is 0 Å². The monoisotopic (exact) mass is 345 g/mol. The number of nitrogens with zero attached hydrogens (tertiary/aromatic N) is 1. The van der Waals surface area contributed by atoms with E-state index in [1.54, 1.807) is 0 Å². The average Bonchev–Trinajstić information content (AvgIpc) is 2.60. The quantitative estimate of drug-likeness (QED) is 0.880. The van der Waals surface area contributed by atoms with Gasteiger partial charge in [0.2, 0.25) is 0 Å². The maximum absolute atomic E-state index is 10.9. The summed E-state index contributed by atoms with van der Waals surface area (Å²) in [6, 6.07) is 16.0. The maximum atomic E-state index is 10.9. The summed E-state index contributed by atoms with van der Waals surface area (Å²) in [6.07, 6.45) is 1.50. The zero-order valence-electron chi connectivity index (χ0n) is 14.0. The predicted molar refractivity (Wildman–Crippen MR) is 97.5 cm³/mol. The van der Waals surface area contributed by atoms with Crippen molar-refractivity contribution in [2.45, 2.75) is 31.9 Å². The lowest BCUT2D eigenvalue weighted by atomic mass is 9.84. The number of rotatable bonds is 5. The van der Waals surface area contributed by atoms with Crippen molar-refractivity contribution in [2.75, 3.05) is 19.7 Å². The number of benzene rings is 2. The number of aliphatic hydroxyl groups is 1. The van der Waals surface area contributed by atoms with Crippen LogP contribution in [-0.2, 0) is 12.1 Å². The summed E-state index contributed by atoms with van der Waals surface area (Å²) in [6.45, 7) is 5.15. The first kappa shape index (κ1) is 17.3. The Morgan fingerprint density at radius 3 is 2.46 bits per heavy atom. The van der Waals surface area contributed by atoms with Crippen LogP contribution >= 0.6 is 11.6 Å². The molecule has 24 heavy (non-hydrogen) atoms. The Hall–Kier alpha value is -1.55. The molecule has 3 rings (SSSR count). The molecule has 1 N–H and O–H groups in total. The normalized spacial score (nSPS) is 17.6. The van der Waals surface area contributed by atoms with E-state index in [9.17, 15) is 5.11 Å². The highest BCUT2D eigenvalue weighted by molar-refractivity contribution is 6.32. The lowest BCUT2D eigenvalue weighted by molar-refractivity contribution is -0.0277. The summed E-state index contributed by atoms with van der Waals surface area (Å²) < 4.78 is 5.48. The molecule has 1 heterocycles. The second kappa shape index (κ2) is 7.56. The molecule has 0 unspecified atom stereocenters. The van der Waals surface area contributed by atoms with Crippen molar-refractivity contribution < 1.29 is 9.84 Å². The van der Waals surface area contributed by atoms with Gasteiger partial charge < -0.3 is 9.84 Å². The lowest BCUT2D eigenvalue weighted by Crippen LogP contribution is -2.42. The molecule has 2 aromatic rings. The summed E-state index contributed by atoms with van der Waals surface area (Å²) in [5, 5.41) is 11.6. The molecule has 1 aliphatic heterocycles. The number of piperidine rings is 1. The summed E-state index contributed by atoms with van der Waals surface area (Å²) in [4.78, 5) is 2.36. The Morgan fingerprint density at radius 2 is 1.83 bits per heavy atom. The van der Waals surface area contributed by atoms with Crippen molar-refractivity contribution in [1.82, 2.24) is 4.90 Å². The van der Waals surface area contributed by atoms with E-state index in [1.807, 2.05) is 49.4 Å². The minimum atomic E-state index is -0.700. The SMILES string of the molecule is CCOc1ccc(CN2CCC(O)(c3ccccc3)CC2)cc1Cl. The highest BCUT2D eigenvalue weighted by Gasteiger charge is 2.33. The van der Waals surface area contributed by atoms with Crippen LogP contribution in [0.2, 0.25) is 5.02 Å². The van der Waals surface area contributed by atoms with Gasteiger partial charge in [-0.1, -0.05) is 48.0 Å². The third-order valence-corrected chi connectivity index (χ3v) is 4.99. The summed E-state index contributed by atoms with van der Waals surface area (Å²) in [5.74, 6) is 0.736. The Labute approximate surface area is 148 Å². The number of halogens is 1. The van der Waals surface area contributed by atoms with Gasteiger partial charge in [-0.05, 0) is 43.0 Å². The van der Waals surface area contributed by atoms with Crippen LogP contribution in [0.4, 0.5) is 0 Å². The number of ether oxygens (including phenoxy) is 1. The van der Waals surface area contributed by atoms with Gasteiger partial charge in [0, 0.05) is 19.6 Å². The van der Waals surface area contributed by atoms with E-state index < -0.39 is 5.60 Å². The topological polar surface area (TPSA) is 32.7 Å². The van der Waals surface area contributed by atoms with Gasteiger partial charge in [0.1, 0.15) is 5.75 Å². The van der Waals surface area contributed by atoms with Crippen LogP contribution < -0.4 is 4.74 Å². The molecule has 4 heteroatoms. The molecular formula is C20H24ClNO2. The van der Waals surface area contributed by atoms with E-state index >= 15 is 0 Å². The van der Waals surface area contributed by atoms with Gasteiger partial charge >= 0.3 is 0 Å². The van der Waals surface area contributed by atoms with Crippen LogP contribution in [0.1, 0.15) is 30.9 Å². The fourth-order valence-electron chi connectivity index (χ4n) is 3.29. The highest BCUT2D eigenvalue weighted by atomic mass is 35.5. The molecule has 0 bridgehead atoms. The van der Waals surface area contributed by atoms with E-state index in [2.05, 4.69) is 11.0 Å². The zero-order valence-corrected chi connectivity index (χ0v) is 14.8. The first-order chi connectivity index (χ1) is 11.6. The molecular weight excluding hydrogens is 322 g/mol. The molecule has 3 nitrogen and oxygen atoms in total. The second-order valence-electron chi connectivity index (χ2n) is 6.37. The Kier molecular flexibility index (Phi) is 5.44. The fraction of sp³-hybridized carbons (Fsp3) is 0.400. The Balaban J connectivity index is 1.60. The molecule has 0 saturated carbocycles. The van der Waals surface area contributed by atoms with Gasteiger partial charge in [-0.15, -0.1) is 0 Å². The molecule has 1 aliphatic rings. The summed E-state index contributed by atoms with van der Waals surface area (Å²) in [7, 11) is 0. The smallest absolute Gasteiger partial charge is 0.137 e. The molecule has 1 saturated heterocycles. The van der Waals surface area contributed by atoms with Gasteiger partial charge in [-0.25, -0.2) is 0 Å². The molecule has 0 amide bonds. The summed E-state index contributed by atoms with van der Waals surface area (Å²) in [5.41, 5.74) is 1.50. The van der Waals surface area contributed by atoms with Gasteiger partial charge in [0.15, 0.2) is 0 Å². The van der Waals surface area contributed by atoms with Crippen molar-refractivity contribution in [1.29, 1.82) is 0 Å². The lowest BCUT2D eigenvalue weighted by Gasteiger charge is -2.38. The van der Waals surface area contributed by atoms with Crippen LogP contribution in [0.15, 0.2) is 48.5 Å². The van der Waals surface area contributed by atoms with Crippen LogP contribution in [-0.4, -0.2) is 29.7 Å². The largest absolute Gasteiger partial charge is 0.492 e. The van der Waals surface area contributed by atoms with Crippen molar-refractivity contribution >= 4 is 11.6 Å². The number of likely N-dealkylation sites (tertiary alicyclic amines) is 1. The molecule has 1 fully saturated rings. The first-order valence-electron chi connectivity index (χ1n) is 8.52. The van der Waals surface area contributed by atoms with Gasteiger partial charge in [-0.3, -0.25) is 4.90 Å². The zero-order chi connectivity index (χ0) is 17.0. The van der Waals surface area contributed by atoms with E-state index in [0.717, 1.165) is 43.8 Å². The van der Waals surface area contributed by atoms with Crippen molar-refractivity contribution in [3.8, 4) is 5.75 Å². The predicted octanol–water partition coefficient (Wildman–Crippen LogP) is 4.22. The molecule has 0 aliphatic carbocycles. The minimum absolute atomic E-state index is 0.614. The Bertz CT molecular complexity index is 667. The molecule has 2 aromatic carbocycles. The van der Waals surface area contributed by atoms with Crippen LogP contribution in [0.3, 0.4) is 0 Å². The highest BCUT2D eigenvalue weighted by Crippen LogP contribution is 2.33. The summed E-state index contributed by atoms with van der Waals surface area (Å²) >= 11 is 6.27. The van der Waals surface area contributed by atoms with E-state index in [-0.39, 0.29) is 0 Å². The van der Waals surface area contributed by atoms with Crippen molar-refractivity contribution in [2.24, 2.45) is 0 Å². The van der Waals surface area contributed by atoms with Crippen molar-refractivity contribution in [3.05, 3.63) is 64.7 Å². The third-order valence-electron chi connectivity index (χ3n) is 4.70. The molecule has 0 aromatic heterocycles. The Morgan fingerprint density at radius 1 is 1.12 bits per heavy atom. The van der Waals surface area contributed by atoms with E-state index in [1.165, 1.54) is 5.56 Å². The van der Waals surface area contributed by atoms with E-state index in [4.69, 9.17) is 16.3 Å². The van der Waals surface area contributed by atoms with Crippen LogP contribution in [0.5, 0.6) is 5.75 Å². The van der Waals surface area contributed by atoms with Gasteiger partial charge in [0.05, 0.1) is 17.2 Å². The minimum Gasteiger partial charge on any atom is -0.492 e.